The van der Waals surface area contributed by atoms with Crippen molar-refractivity contribution in [2.45, 2.75) is 0 Å². The molecule has 0 spiro atoms. The van der Waals surface area contributed by atoms with Crippen LogP contribution in [-0.4, -0.2) is 29.2 Å². The fourth-order valence-corrected chi connectivity index (χ4v) is 3.99. The molecule has 0 aliphatic carbocycles. The molecule has 1 aliphatic rings. The van der Waals surface area contributed by atoms with Gasteiger partial charge in [0, 0.05) is 16.7 Å². The van der Waals surface area contributed by atoms with Gasteiger partial charge in [0.15, 0.2) is 0 Å². The van der Waals surface area contributed by atoms with Gasteiger partial charge >= 0.3 is 0 Å². The summed E-state index contributed by atoms with van der Waals surface area (Å²) in [6, 6.07) is 17.8. The number of rotatable bonds is 6. The van der Waals surface area contributed by atoms with E-state index in [1.807, 2.05) is 12.1 Å². The number of thioether (sulfide) groups is 1. The quantitative estimate of drug-likeness (QED) is 0.400. The van der Waals surface area contributed by atoms with Crippen molar-refractivity contribution in [1.29, 1.82) is 0 Å². The van der Waals surface area contributed by atoms with Crippen LogP contribution in [-0.2, 0) is 4.79 Å². The molecule has 0 atom stereocenters. The molecule has 3 aromatic rings. The molecule has 0 unspecified atom stereocenters. The Morgan fingerprint density at radius 3 is 2.53 bits per heavy atom. The number of furan rings is 1. The molecular formula is C22H15Cl2NO4S. The van der Waals surface area contributed by atoms with Crippen LogP contribution in [0, 0.1) is 0 Å². The number of hydrogen-bond donors (Lipinski definition) is 0. The first-order chi connectivity index (χ1) is 14.5. The predicted molar refractivity (Wildman–Crippen MR) is 119 cm³/mol. The van der Waals surface area contributed by atoms with Crippen molar-refractivity contribution in [3.05, 3.63) is 81.4 Å². The molecule has 0 radical (unpaired) electrons. The third kappa shape index (κ3) is 4.56. The highest BCUT2D eigenvalue weighted by Gasteiger charge is 2.35. The molecule has 1 saturated heterocycles. The summed E-state index contributed by atoms with van der Waals surface area (Å²) in [6.45, 7) is 0.276. The molecule has 1 fully saturated rings. The number of halogens is 2. The van der Waals surface area contributed by atoms with Gasteiger partial charge in [-0.2, -0.15) is 0 Å². The molecule has 2 amide bonds. The maximum atomic E-state index is 12.6. The molecule has 1 aliphatic heterocycles. The van der Waals surface area contributed by atoms with Gasteiger partial charge in [0.25, 0.3) is 11.1 Å². The van der Waals surface area contributed by atoms with E-state index < -0.39 is 0 Å². The average Bonchev–Trinajstić information content (AvgIpc) is 3.30. The first kappa shape index (κ1) is 20.6. The number of nitrogens with zero attached hydrogens (tertiary/aromatic N) is 1. The van der Waals surface area contributed by atoms with Crippen molar-refractivity contribution in [1.82, 2.24) is 4.90 Å². The second-order valence-corrected chi connectivity index (χ2v) is 8.16. The second kappa shape index (κ2) is 9.00. The van der Waals surface area contributed by atoms with Crippen LogP contribution in [0.5, 0.6) is 5.75 Å². The van der Waals surface area contributed by atoms with E-state index in [9.17, 15) is 9.59 Å². The molecule has 0 bridgehead atoms. The fraction of sp³-hybridized carbons (Fsp3) is 0.0909. The van der Waals surface area contributed by atoms with Crippen molar-refractivity contribution < 1.29 is 18.7 Å². The number of imide groups is 1. The van der Waals surface area contributed by atoms with Gasteiger partial charge < -0.3 is 9.15 Å². The van der Waals surface area contributed by atoms with Gasteiger partial charge in [0.2, 0.25) is 0 Å². The number of benzene rings is 2. The van der Waals surface area contributed by atoms with Crippen LogP contribution in [0.3, 0.4) is 0 Å². The summed E-state index contributed by atoms with van der Waals surface area (Å²) in [5.41, 5.74) is 0.865. The van der Waals surface area contributed by atoms with E-state index in [-0.39, 0.29) is 24.3 Å². The second-order valence-electron chi connectivity index (χ2n) is 6.32. The predicted octanol–water partition coefficient (Wildman–Crippen LogP) is 6.37. The van der Waals surface area contributed by atoms with Crippen LogP contribution in [0.25, 0.3) is 17.4 Å². The van der Waals surface area contributed by atoms with Crippen LogP contribution < -0.4 is 4.74 Å². The van der Waals surface area contributed by atoms with Crippen molar-refractivity contribution >= 4 is 52.2 Å². The molecule has 152 valence electrons. The first-order valence-electron chi connectivity index (χ1n) is 9.00. The summed E-state index contributed by atoms with van der Waals surface area (Å²) in [7, 11) is 0. The third-order valence-electron chi connectivity index (χ3n) is 4.31. The lowest BCUT2D eigenvalue weighted by atomic mass is 10.2. The smallest absolute Gasteiger partial charge is 0.293 e. The Morgan fingerprint density at radius 1 is 1.00 bits per heavy atom. The molecular weight excluding hydrogens is 445 g/mol. The highest BCUT2D eigenvalue weighted by atomic mass is 35.5. The van der Waals surface area contributed by atoms with Crippen LogP contribution in [0.4, 0.5) is 4.79 Å². The average molecular weight is 460 g/mol. The zero-order valence-electron chi connectivity index (χ0n) is 15.5. The minimum atomic E-state index is -0.378. The highest BCUT2D eigenvalue weighted by Crippen LogP contribution is 2.33. The first-order valence-corrected chi connectivity index (χ1v) is 10.6. The highest BCUT2D eigenvalue weighted by molar-refractivity contribution is 8.18. The monoisotopic (exact) mass is 459 g/mol. The number of amides is 2. The van der Waals surface area contributed by atoms with Gasteiger partial charge in [0.05, 0.1) is 16.5 Å². The zero-order chi connectivity index (χ0) is 21.1. The number of carbonyl (C=O) groups excluding carboxylic acids is 2. The van der Waals surface area contributed by atoms with Crippen LogP contribution >= 0.6 is 35.0 Å². The SMILES string of the molecule is O=C1S/C(=C\c2ccc(-c3ccc(Cl)cc3)o2)C(=O)N1CCOc1ccccc1Cl. The normalized spacial score (nSPS) is 15.3. The third-order valence-corrected chi connectivity index (χ3v) is 5.78. The maximum absolute atomic E-state index is 12.6. The Bertz CT molecular complexity index is 1120. The summed E-state index contributed by atoms with van der Waals surface area (Å²) in [4.78, 5) is 26.3. The number of ether oxygens (including phenoxy) is 1. The van der Waals surface area contributed by atoms with Crippen LogP contribution in [0.1, 0.15) is 5.76 Å². The van der Waals surface area contributed by atoms with Crippen LogP contribution in [0.2, 0.25) is 10.0 Å². The number of hydrogen-bond acceptors (Lipinski definition) is 5. The van der Waals surface area contributed by atoms with E-state index in [1.54, 1.807) is 54.6 Å². The molecule has 5 nitrogen and oxygen atoms in total. The van der Waals surface area contributed by atoms with E-state index in [4.69, 9.17) is 32.4 Å². The van der Waals surface area contributed by atoms with Gasteiger partial charge in [-0.1, -0.05) is 35.3 Å². The lowest BCUT2D eigenvalue weighted by Gasteiger charge is -2.13. The van der Waals surface area contributed by atoms with E-state index in [2.05, 4.69) is 0 Å². The lowest BCUT2D eigenvalue weighted by Crippen LogP contribution is -2.32. The van der Waals surface area contributed by atoms with Gasteiger partial charge in [0.1, 0.15) is 23.9 Å². The number of carbonyl (C=O) groups is 2. The summed E-state index contributed by atoms with van der Waals surface area (Å²) < 4.78 is 11.4. The standard InChI is InChI=1S/C22H15Cl2NO4S/c23-15-7-5-14(6-8-15)18-10-9-16(29-18)13-20-21(26)25(22(27)30-20)11-12-28-19-4-2-1-3-17(19)24/h1-10,13H,11-12H2/b20-13-. The zero-order valence-corrected chi connectivity index (χ0v) is 17.8. The molecule has 8 heteroatoms. The molecule has 0 N–H and O–H groups in total. The van der Waals surface area contributed by atoms with E-state index in [1.165, 1.54) is 0 Å². The van der Waals surface area contributed by atoms with Crippen LogP contribution in [0.15, 0.2) is 70.0 Å². The Labute approximate surface area is 187 Å². The molecule has 2 aromatic carbocycles. The largest absolute Gasteiger partial charge is 0.490 e. The number of para-hydroxylation sites is 1. The maximum Gasteiger partial charge on any atom is 0.293 e. The molecule has 1 aromatic heterocycles. The van der Waals surface area contributed by atoms with Crippen molar-refractivity contribution in [2.24, 2.45) is 0 Å². The van der Waals surface area contributed by atoms with Crippen molar-refractivity contribution in [2.75, 3.05) is 13.2 Å². The Morgan fingerprint density at radius 2 is 1.77 bits per heavy atom. The van der Waals surface area contributed by atoms with Gasteiger partial charge in [-0.15, -0.1) is 0 Å². The lowest BCUT2D eigenvalue weighted by molar-refractivity contribution is -0.123. The van der Waals surface area contributed by atoms with Crippen molar-refractivity contribution in [3.63, 3.8) is 0 Å². The molecule has 2 heterocycles. The van der Waals surface area contributed by atoms with E-state index in [0.717, 1.165) is 22.2 Å². The Balaban J connectivity index is 1.41. The summed E-state index contributed by atoms with van der Waals surface area (Å²) in [5, 5.41) is 0.761. The molecule has 0 saturated carbocycles. The van der Waals surface area contributed by atoms with Gasteiger partial charge in [-0.3, -0.25) is 14.5 Å². The minimum Gasteiger partial charge on any atom is -0.490 e. The summed E-state index contributed by atoms with van der Waals surface area (Å²) in [6.07, 6.45) is 1.57. The Kier molecular flexibility index (Phi) is 6.18. The topological polar surface area (TPSA) is 59.8 Å². The van der Waals surface area contributed by atoms with Gasteiger partial charge in [-0.25, -0.2) is 0 Å². The summed E-state index contributed by atoms with van der Waals surface area (Å²) >= 11 is 12.8. The van der Waals surface area contributed by atoms with Crippen molar-refractivity contribution in [3.8, 4) is 17.1 Å². The van der Waals surface area contributed by atoms with E-state index >= 15 is 0 Å². The minimum absolute atomic E-state index is 0.126. The fourth-order valence-electron chi connectivity index (χ4n) is 2.83. The Hall–Kier alpha value is -2.67. The molecule has 30 heavy (non-hydrogen) atoms. The van der Waals surface area contributed by atoms with E-state index in [0.29, 0.717) is 32.2 Å². The summed E-state index contributed by atoms with van der Waals surface area (Å²) in [5.74, 6) is 1.26. The van der Waals surface area contributed by atoms with Gasteiger partial charge in [-0.05, 0) is 60.3 Å². The molecule has 4 rings (SSSR count).